The largest absolute Gasteiger partial charge is 0.352 e. The van der Waals surface area contributed by atoms with Gasteiger partial charge in [0.1, 0.15) is 0 Å². The highest BCUT2D eigenvalue weighted by Crippen LogP contribution is 2.21. The maximum atomic E-state index is 11.8. The van der Waals surface area contributed by atoms with Crippen molar-refractivity contribution in [1.82, 2.24) is 10.3 Å². The van der Waals surface area contributed by atoms with E-state index in [2.05, 4.69) is 39.9 Å². The topological polar surface area (TPSA) is 42.0 Å². The Bertz CT molecular complexity index is 851. The molecule has 1 N–H and O–H groups in total. The second-order valence-electron chi connectivity index (χ2n) is 5.73. The molecule has 0 saturated carbocycles. The zero-order valence-electron chi connectivity index (χ0n) is 14.1. The summed E-state index contributed by atoms with van der Waals surface area (Å²) in [5, 5.41) is 6.06. The number of hydrogen-bond acceptors (Lipinski definition) is 3. The molecule has 1 heterocycles. The van der Waals surface area contributed by atoms with Gasteiger partial charge in [-0.25, -0.2) is 4.98 Å². The molecule has 0 aliphatic heterocycles. The van der Waals surface area contributed by atoms with Crippen molar-refractivity contribution in [3.63, 3.8) is 0 Å². The van der Waals surface area contributed by atoms with Gasteiger partial charge in [-0.2, -0.15) is 0 Å². The molecule has 0 aliphatic carbocycles. The number of benzene rings is 2. The van der Waals surface area contributed by atoms with Gasteiger partial charge < -0.3 is 5.32 Å². The molecule has 0 aliphatic rings. The van der Waals surface area contributed by atoms with Crippen LogP contribution in [-0.4, -0.2) is 17.4 Å². The van der Waals surface area contributed by atoms with Crippen molar-refractivity contribution >= 4 is 23.3 Å². The Labute approximate surface area is 152 Å². The van der Waals surface area contributed by atoms with Crippen LogP contribution in [0.5, 0.6) is 0 Å². The monoisotopic (exact) mass is 348 g/mol. The molecule has 1 aromatic heterocycles. The van der Waals surface area contributed by atoms with Crippen LogP contribution in [0.3, 0.4) is 0 Å². The summed E-state index contributed by atoms with van der Waals surface area (Å²) >= 11 is 1.66. The highest BCUT2D eigenvalue weighted by atomic mass is 32.1. The van der Waals surface area contributed by atoms with Crippen LogP contribution in [0.4, 0.5) is 0 Å². The van der Waals surface area contributed by atoms with Gasteiger partial charge in [0.05, 0.1) is 10.7 Å². The van der Waals surface area contributed by atoms with Crippen molar-refractivity contribution in [3.8, 4) is 11.3 Å². The van der Waals surface area contributed by atoms with Gasteiger partial charge in [0.2, 0.25) is 5.91 Å². The summed E-state index contributed by atoms with van der Waals surface area (Å²) in [6.45, 7) is 2.63. The number of rotatable bonds is 6. The first-order valence-electron chi connectivity index (χ1n) is 8.23. The lowest BCUT2D eigenvalue weighted by Crippen LogP contribution is -2.23. The van der Waals surface area contributed by atoms with Crippen LogP contribution in [0.25, 0.3) is 17.3 Å². The molecule has 25 heavy (non-hydrogen) atoms. The maximum absolute atomic E-state index is 11.8. The normalized spacial score (nSPS) is 10.9. The molecule has 3 nitrogen and oxygen atoms in total. The number of carbonyl (C=O) groups is 1. The van der Waals surface area contributed by atoms with Crippen molar-refractivity contribution in [3.05, 3.63) is 82.2 Å². The number of thiazole rings is 1. The molecule has 0 radical (unpaired) electrons. The number of nitrogens with one attached hydrogen (secondary N) is 1. The van der Waals surface area contributed by atoms with Gasteiger partial charge in [-0.3, -0.25) is 4.79 Å². The molecule has 0 saturated heterocycles. The van der Waals surface area contributed by atoms with Crippen LogP contribution < -0.4 is 5.32 Å². The Morgan fingerprint density at radius 2 is 1.88 bits per heavy atom. The Hall–Kier alpha value is -2.72. The van der Waals surface area contributed by atoms with Crippen molar-refractivity contribution in [2.24, 2.45) is 0 Å². The van der Waals surface area contributed by atoms with E-state index >= 15 is 0 Å². The van der Waals surface area contributed by atoms with Crippen LogP contribution >= 0.6 is 11.3 Å². The molecule has 1 amide bonds. The van der Waals surface area contributed by atoms with Gasteiger partial charge in [-0.15, -0.1) is 11.3 Å². The second-order valence-corrected chi connectivity index (χ2v) is 6.80. The van der Waals surface area contributed by atoms with Gasteiger partial charge in [0.15, 0.2) is 0 Å². The number of carbonyl (C=O) groups excluding carboxylic acids is 1. The van der Waals surface area contributed by atoms with Crippen LogP contribution in [0.15, 0.2) is 66.1 Å². The zero-order chi connectivity index (χ0) is 17.5. The number of aromatic nitrogens is 1. The average Bonchev–Trinajstić information content (AvgIpc) is 3.08. The average molecular weight is 348 g/mol. The van der Waals surface area contributed by atoms with Gasteiger partial charge in [-0.1, -0.05) is 54.6 Å². The van der Waals surface area contributed by atoms with E-state index in [4.69, 9.17) is 0 Å². The lowest BCUT2D eigenvalue weighted by atomic mass is 10.1. The van der Waals surface area contributed by atoms with E-state index in [0.29, 0.717) is 6.54 Å². The Kier molecular flexibility index (Phi) is 5.75. The van der Waals surface area contributed by atoms with Gasteiger partial charge in [0.25, 0.3) is 0 Å². The van der Waals surface area contributed by atoms with E-state index in [0.717, 1.165) is 28.2 Å². The smallest absolute Gasteiger partial charge is 0.244 e. The van der Waals surface area contributed by atoms with Gasteiger partial charge >= 0.3 is 0 Å². The first-order chi connectivity index (χ1) is 12.2. The van der Waals surface area contributed by atoms with Gasteiger partial charge in [-0.05, 0) is 30.5 Å². The summed E-state index contributed by atoms with van der Waals surface area (Å²) in [5.74, 6) is -0.0709. The number of amides is 1. The van der Waals surface area contributed by atoms with E-state index < -0.39 is 0 Å². The maximum Gasteiger partial charge on any atom is 0.244 e. The van der Waals surface area contributed by atoms with Crippen molar-refractivity contribution in [1.29, 1.82) is 0 Å². The molecule has 0 bridgehead atoms. The SMILES string of the molecule is Cc1nc(-c2ccc(CCNC(=O)/C=C/c3ccccc3)cc2)cs1. The minimum atomic E-state index is -0.0709. The molecule has 0 unspecified atom stereocenters. The third kappa shape index (κ3) is 5.13. The molecule has 2 aromatic carbocycles. The minimum absolute atomic E-state index is 0.0709. The number of aryl methyl sites for hydroxylation is 1. The molecule has 126 valence electrons. The zero-order valence-corrected chi connectivity index (χ0v) is 14.9. The molecular formula is C21H20N2OS. The molecule has 4 heteroatoms. The molecule has 3 aromatic rings. The van der Waals surface area contributed by atoms with E-state index in [1.165, 1.54) is 5.56 Å². The summed E-state index contributed by atoms with van der Waals surface area (Å²) in [5.41, 5.74) is 4.37. The summed E-state index contributed by atoms with van der Waals surface area (Å²) < 4.78 is 0. The van der Waals surface area contributed by atoms with Crippen LogP contribution in [0.1, 0.15) is 16.1 Å². The van der Waals surface area contributed by atoms with Crippen LogP contribution in [0.2, 0.25) is 0 Å². The second kappa shape index (κ2) is 8.40. The van der Waals surface area contributed by atoms with Crippen molar-refractivity contribution in [2.75, 3.05) is 6.54 Å². The fourth-order valence-corrected chi connectivity index (χ4v) is 3.09. The molecule has 0 atom stereocenters. The summed E-state index contributed by atoms with van der Waals surface area (Å²) in [6, 6.07) is 18.2. The highest BCUT2D eigenvalue weighted by Gasteiger charge is 2.02. The van der Waals surface area contributed by atoms with E-state index in [1.807, 2.05) is 43.3 Å². The third-order valence-corrected chi connectivity index (χ3v) is 4.58. The Morgan fingerprint density at radius 3 is 2.56 bits per heavy atom. The molecule has 0 spiro atoms. The molecular weight excluding hydrogens is 328 g/mol. The third-order valence-electron chi connectivity index (χ3n) is 3.81. The quantitative estimate of drug-likeness (QED) is 0.667. The summed E-state index contributed by atoms with van der Waals surface area (Å²) in [7, 11) is 0. The van der Waals surface area contributed by atoms with Crippen LogP contribution in [0, 0.1) is 6.92 Å². The summed E-state index contributed by atoms with van der Waals surface area (Å²) in [4.78, 5) is 16.3. The van der Waals surface area contributed by atoms with Crippen LogP contribution in [-0.2, 0) is 11.2 Å². The van der Waals surface area contributed by atoms with Crippen molar-refractivity contribution < 1.29 is 4.79 Å². The van der Waals surface area contributed by atoms with E-state index in [1.54, 1.807) is 17.4 Å². The first-order valence-corrected chi connectivity index (χ1v) is 9.11. The fraction of sp³-hybridized carbons (Fsp3) is 0.143. The number of nitrogens with zero attached hydrogens (tertiary/aromatic N) is 1. The lowest BCUT2D eigenvalue weighted by molar-refractivity contribution is -0.116. The molecule has 3 rings (SSSR count). The van der Waals surface area contributed by atoms with Gasteiger partial charge in [0, 0.05) is 23.6 Å². The lowest BCUT2D eigenvalue weighted by Gasteiger charge is -2.04. The standard InChI is InChI=1S/C21H20N2OS/c1-16-23-20(15-25-16)19-10-7-18(8-11-19)13-14-22-21(24)12-9-17-5-3-2-4-6-17/h2-12,15H,13-14H2,1H3,(H,22,24)/b12-9+. The van der Waals surface area contributed by atoms with Crippen molar-refractivity contribution in [2.45, 2.75) is 13.3 Å². The van der Waals surface area contributed by atoms with E-state index in [-0.39, 0.29) is 5.91 Å². The molecule has 0 fully saturated rings. The number of hydrogen-bond donors (Lipinski definition) is 1. The summed E-state index contributed by atoms with van der Waals surface area (Å²) in [6.07, 6.45) is 4.20. The predicted octanol–water partition coefficient (Wildman–Crippen LogP) is 4.49. The highest BCUT2D eigenvalue weighted by molar-refractivity contribution is 7.09. The minimum Gasteiger partial charge on any atom is -0.352 e. The Morgan fingerprint density at radius 1 is 1.12 bits per heavy atom. The first kappa shape index (κ1) is 17.1. The van der Waals surface area contributed by atoms with E-state index in [9.17, 15) is 4.79 Å². The predicted molar refractivity (Wildman–Crippen MR) is 104 cm³/mol. The fourth-order valence-electron chi connectivity index (χ4n) is 2.46. The Balaban J connectivity index is 1.47.